The highest BCUT2D eigenvalue weighted by Gasteiger charge is 2.15. The van der Waals surface area contributed by atoms with Crippen molar-refractivity contribution in [1.82, 2.24) is 9.97 Å². The van der Waals surface area contributed by atoms with Crippen molar-refractivity contribution in [1.29, 1.82) is 0 Å². The van der Waals surface area contributed by atoms with Crippen molar-refractivity contribution in [3.63, 3.8) is 0 Å². The highest BCUT2D eigenvalue weighted by Crippen LogP contribution is 2.30. The molecule has 0 aliphatic heterocycles. The van der Waals surface area contributed by atoms with Crippen molar-refractivity contribution in [2.24, 2.45) is 0 Å². The second kappa shape index (κ2) is 6.49. The van der Waals surface area contributed by atoms with Gasteiger partial charge in [0, 0.05) is 18.6 Å². The third kappa shape index (κ3) is 3.66. The molecule has 0 aliphatic rings. The van der Waals surface area contributed by atoms with Crippen LogP contribution in [-0.2, 0) is 6.42 Å². The summed E-state index contributed by atoms with van der Waals surface area (Å²) in [5.41, 5.74) is 0.440. The Morgan fingerprint density at radius 3 is 2.81 bits per heavy atom. The van der Waals surface area contributed by atoms with Crippen molar-refractivity contribution >= 4 is 17.3 Å². The molecule has 0 atom stereocenters. The van der Waals surface area contributed by atoms with Gasteiger partial charge in [0.25, 0.3) is 5.69 Å². The fourth-order valence-corrected chi connectivity index (χ4v) is 2.04. The summed E-state index contributed by atoms with van der Waals surface area (Å²) < 4.78 is 5.63. The van der Waals surface area contributed by atoms with Crippen LogP contribution in [0.2, 0.25) is 5.15 Å². The molecule has 2 aromatic rings. The van der Waals surface area contributed by atoms with Crippen LogP contribution < -0.4 is 4.74 Å². The van der Waals surface area contributed by atoms with Gasteiger partial charge < -0.3 is 4.74 Å². The third-order valence-electron chi connectivity index (χ3n) is 2.86. The number of rotatable bonds is 5. The second-order valence-electron chi connectivity index (χ2n) is 4.45. The molecule has 0 radical (unpaired) electrons. The van der Waals surface area contributed by atoms with E-state index in [2.05, 4.69) is 9.97 Å². The molecule has 0 saturated heterocycles. The molecular formula is C14H14ClN3O3. The summed E-state index contributed by atoms with van der Waals surface area (Å²) in [4.78, 5) is 18.8. The van der Waals surface area contributed by atoms with Gasteiger partial charge in [-0.2, -0.15) is 4.98 Å². The van der Waals surface area contributed by atoms with E-state index in [1.165, 1.54) is 12.1 Å². The lowest BCUT2D eigenvalue weighted by Gasteiger charge is -2.09. The summed E-state index contributed by atoms with van der Waals surface area (Å²) in [7, 11) is 0. The van der Waals surface area contributed by atoms with Crippen LogP contribution in [0.3, 0.4) is 0 Å². The van der Waals surface area contributed by atoms with Crippen molar-refractivity contribution in [3.8, 4) is 11.6 Å². The minimum absolute atomic E-state index is 0.00133. The normalized spacial score (nSPS) is 10.4. The first-order valence-corrected chi connectivity index (χ1v) is 6.84. The molecule has 0 unspecified atom stereocenters. The van der Waals surface area contributed by atoms with Gasteiger partial charge in [-0.25, -0.2) is 4.98 Å². The number of hydrogen-bond donors (Lipinski definition) is 0. The fourth-order valence-electron chi connectivity index (χ4n) is 1.85. The van der Waals surface area contributed by atoms with Gasteiger partial charge in [-0.3, -0.25) is 10.1 Å². The molecule has 1 aromatic heterocycles. The molecule has 2 rings (SSSR count). The van der Waals surface area contributed by atoms with Gasteiger partial charge in [0.2, 0.25) is 5.88 Å². The number of nitrogens with zero attached hydrogens (tertiary/aromatic N) is 3. The maximum Gasteiger partial charge on any atom is 0.276 e. The number of nitro groups is 1. The molecule has 110 valence electrons. The zero-order valence-corrected chi connectivity index (χ0v) is 12.4. The Hall–Kier alpha value is -2.21. The van der Waals surface area contributed by atoms with Gasteiger partial charge in [0.05, 0.1) is 10.5 Å². The van der Waals surface area contributed by atoms with E-state index in [4.69, 9.17) is 16.3 Å². The number of ether oxygens (including phenoxy) is 1. The number of aromatic nitrogens is 2. The van der Waals surface area contributed by atoms with Crippen molar-refractivity contribution < 1.29 is 9.66 Å². The van der Waals surface area contributed by atoms with Crippen LogP contribution in [0.4, 0.5) is 5.69 Å². The molecule has 0 aliphatic carbocycles. The molecule has 0 spiro atoms. The third-order valence-corrected chi connectivity index (χ3v) is 3.05. The summed E-state index contributed by atoms with van der Waals surface area (Å²) in [6, 6.07) is 6.13. The standard InChI is InChI=1S/C14H14ClN3O3/c1-3-5-13-16-12(15)8-14(17-13)21-11-7-4-6-10(9(11)2)18(19)20/h4,6-8H,3,5H2,1-2H3. The van der Waals surface area contributed by atoms with E-state index in [0.29, 0.717) is 23.6 Å². The Morgan fingerprint density at radius 1 is 1.38 bits per heavy atom. The molecule has 0 N–H and O–H groups in total. The molecule has 0 fully saturated rings. The molecule has 0 amide bonds. The van der Waals surface area contributed by atoms with Gasteiger partial charge in [0.15, 0.2) is 0 Å². The molecule has 21 heavy (non-hydrogen) atoms. The van der Waals surface area contributed by atoms with E-state index >= 15 is 0 Å². The Kier molecular flexibility index (Phi) is 4.70. The van der Waals surface area contributed by atoms with Gasteiger partial charge in [-0.05, 0) is 19.4 Å². The van der Waals surface area contributed by atoms with Crippen LogP contribution in [0.25, 0.3) is 0 Å². The largest absolute Gasteiger partial charge is 0.438 e. The minimum Gasteiger partial charge on any atom is -0.438 e. The quantitative estimate of drug-likeness (QED) is 0.472. The van der Waals surface area contributed by atoms with Crippen molar-refractivity contribution in [2.45, 2.75) is 26.7 Å². The van der Waals surface area contributed by atoms with Crippen molar-refractivity contribution in [3.05, 3.63) is 50.9 Å². The maximum absolute atomic E-state index is 10.9. The van der Waals surface area contributed by atoms with E-state index in [1.54, 1.807) is 19.1 Å². The number of nitro benzene ring substituents is 1. The Balaban J connectivity index is 2.34. The molecule has 1 heterocycles. The van der Waals surface area contributed by atoms with E-state index in [9.17, 15) is 10.1 Å². The molecule has 7 heteroatoms. The summed E-state index contributed by atoms with van der Waals surface area (Å²) in [6.45, 7) is 3.64. The molecule has 0 saturated carbocycles. The fraction of sp³-hybridized carbons (Fsp3) is 0.286. The lowest BCUT2D eigenvalue weighted by atomic mass is 10.2. The first-order chi connectivity index (χ1) is 10.0. The molecular weight excluding hydrogens is 294 g/mol. The smallest absolute Gasteiger partial charge is 0.276 e. The first kappa shape index (κ1) is 15.2. The lowest BCUT2D eigenvalue weighted by Crippen LogP contribution is -1.99. The molecule has 1 aromatic carbocycles. The second-order valence-corrected chi connectivity index (χ2v) is 4.84. The van der Waals surface area contributed by atoms with Crippen LogP contribution in [0, 0.1) is 17.0 Å². The summed E-state index contributed by atoms with van der Waals surface area (Å²) in [6.07, 6.45) is 1.57. The van der Waals surface area contributed by atoms with E-state index in [-0.39, 0.29) is 16.7 Å². The predicted molar refractivity (Wildman–Crippen MR) is 78.9 cm³/mol. The lowest BCUT2D eigenvalue weighted by molar-refractivity contribution is -0.385. The van der Waals surface area contributed by atoms with Crippen LogP contribution in [0.15, 0.2) is 24.3 Å². The highest BCUT2D eigenvalue weighted by atomic mass is 35.5. The topological polar surface area (TPSA) is 78.2 Å². The van der Waals surface area contributed by atoms with Crippen molar-refractivity contribution in [2.75, 3.05) is 0 Å². The Labute approximate surface area is 126 Å². The number of hydrogen-bond acceptors (Lipinski definition) is 5. The first-order valence-electron chi connectivity index (χ1n) is 6.46. The minimum atomic E-state index is -0.447. The average molecular weight is 308 g/mol. The highest BCUT2D eigenvalue weighted by molar-refractivity contribution is 6.29. The zero-order chi connectivity index (χ0) is 15.4. The Morgan fingerprint density at radius 2 is 2.14 bits per heavy atom. The zero-order valence-electron chi connectivity index (χ0n) is 11.7. The number of benzene rings is 1. The number of aryl methyl sites for hydroxylation is 1. The van der Waals surface area contributed by atoms with Crippen LogP contribution >= 0.6 is 11.6 Å². The van der Waals surface area contributed by atoms with E-state index in [1.807, 2.05) is 6.92 Å². The summed E-state index contributed by atoms with van der Waals surface area (Å²) >= 11 is 5.93. The average Bonchev–Trinajstić information content (AvgIpc) is 2.40. The maximum atomic E-state index is 10.9. The molecule has 6 nitrogen and oxygen atoms in total. The van der Waals surface area contributed by atoms with Gasteiger partial charge in [-0.1, -0.05) is 24.6 Å². The monoisotopic (exact) mass is 307 g/mol. The molecule has 0 bridgehead atoms. The van der Waals surface area contributed by atoms with E-state index < -0.39 is 4.92 Å². The summed E-state index contributed by atoms with van der Waals surface area (Å²) in [5, 5.41) is 11.2. The van der Waals surface area contributed by atoms with E-state index in [0.717, 1.165) is 6.42 Å². The van der Waals surface area contributed by atoms with Gasteiger partial charge >= 0.3 is 0 Å². The Bertz CT molecular complexity index is 677. The van der Waals surface area contributed by atoms with Crippen LogP contribution in [0.5, 0.6) is 11.6 Å². The van der Waals surface area contributed by atoms with Gasteiger partial charge in [-0.15, -0.1) is 0 Å². The predicted octanol–water partition coefficient (Wildman–Crippen LogP) is 4.09. The SMILES string of the molecule is CCCc1nc(Cl)cc(Oc2cccc([N+](=O)[O-])c2C)n1. The summed E-state index contributed by atoms with van der Waals surface area (Å²) in [5.74, 6) is 1.24. The number of halogens is 1. The van der Waals surface area contributed by atoms with Crippen LogP contribution in [-0.4, -0.2) is 14.9 Å². The van der Waals surface area contributed by atoms with Crippen LogP contribution in [0.1, 0.15) is 24.7 Å². The van der Waals surface area contributed by atoms with Gasteiger partial charge in [0.1, 0.15) is 16.7 Å².